The van der Waals surface area contributed by atoms with Gasteiger partial charge in [0.05, 0.1) is 25.8 Å². The van der Waals surface area contributed by atoms with Crippen molar-refractivity contribution in [2.75, 3.05) is 6.61 Å². The summed E-state index contributed by atoms with van der Waals surface area (Å²) in [5.41, 5.74) is -1.37. The highest BCUT2D eigenvalue weighted by molar-refractivity contribution is 5.94. The minimum atomic E-state index is -1.35. The van der Waals surface area contributed by atoms with E-state index in [1.54, 1.807) is 24.3 Å². The number of rotatable bonds is 6. The van der Waals surface area contributed by atoms with Crippen LogP contribution in [0.3, 0.4) is 0 Å². The van der Waals surface area contributed by atoms with E-state index >= 15 is 0 Å². The SMILES string of the molecule is O=C(NCc1ccc(F)cc1)c1nc2n(c(=O)c1O)CC1CCC2(N(Cc2ccccc2)C(=O)O)CO1. The van der Waals surface area contributed by atoms with Crippen LogP contribution in [0.25, 0.3) is 0 Å². The summed E-state index contributed by atoms with van der Waals surface area (Å²) >= 11 is 0. The molecule has 4 heterocycles. The molecule has 3 aliphatic heterocycles. The minimum Gasteiger partial charge on any atom is -0.501 e. The van der Waals surface area contributed by atoms with Crippen molar-refractivity contribution in [1.29, 1.82) is 0 Å². The summed E-state index contributed by atoms with van der Waals surface area (Å²) in [6, 6.07) is 14.5. The molecule has 6 rings (SSSR count). The van der Waals surface area contributed by atoms with Gasteiger partial charge in [-0.15, -0.1) is 0 Å². The first-order valence-corrected chi connectivity index (χ1v) is 11.8. The lowest BCUT2D eigenvalue weighted by Gasteiger charge is -2.43. The Kier molecular flexibility index (Phi) is 6.38. The summed E-state index contributed by atoms with van der Waals surface area (Å²) in [6.07, 6.45) is -0.804. The summed E-state index contributed by atoms with van der Waals surface area (Å²) in [7, 11) is 0. The highest BCUT2D eigenvalue weighted by atomic mass is 19.1. The van der Waals surface area contributed by atoms with Crippen molar-refractivity contribution in [2.45, 2.75) is 44.1 Å². The van der Waals surface area contributed by atoms with Gasteiger partial charge < -0.3 is 20.3 Å². The minimum absolute atomic E-state index is 0.00420. The van der Waals surface area contributed by atoms with Crippen molar-refractivity contribution < 1.29 is 28.9 Å². The smallest absolute Gasteiger partial charge is 0.408 e. The maximum atomic E-state index is 13.2. The van der Waals surface area contributed by atoms with Crippen LogP contribution >= 0.6 is 0 Å². The molecule has 2 amide bonds. The zero-order chi connectivity index (χ0) is 26.2. The van der Waals surface area contributed by atoms with Gasteiger partial charge in [0.15, 0.2) is 5.69 Å². The molecular weight excluding hydrogens is 483 g/mol. The quantitative estimate of drug-likeness (QED) is 0.466. The first-order chi connectivity index (χ1) is 17.8. The molecule has 3 aromatic rings. The Morgan fingerprint density at radius 1 is 1.16 bits per heavy atom. The predicted molar refractivity (Wildman–Crippen MR) is 128 cm³/mol. The van der Waals surface area contributed by atoms with Crippen molar-refractivity contribution in [3.05, 3.63) is 93.4 Å². The predicted octanol–water partition coefficient (Wildman–Crippen LogP) is 2.59. The molecule has 3 aliphatic rings. The first kappa shape index (κ1) is 24.4. The lowest BCUT2D eigenvalue weighted by Crippen LogP contribution is -2.55. The van der Waals surface area contributed by atoms with Gasteiger partial charge in [0, 0.05) is 6.54 Å². The number of aromatic nitrogens is 2. The van der Waals surface area contributed by atoms with Crippen molar-refractivity contribution in [3.8, 4) is 5.75 Å². The molecule has 1 saturated heterocycles. The number of halogens is 1. The molecule has 10 nitrogen and oxygen atoms in total. The Morgan fingerprint density at radius 2 is 1.89 bits per heavy atom. The molecule has 3 N–H and O–H groups in total. The van der Waals surface area contributed by atoms with E-state index in [0.717, 1.165) is 5.56 Å². The van der Waals surface area contributed by atoms with Crippen molar-refractivity contribution in [3.63, 3.8) is 0 Å². The molecule has 2 atom stereocenters. The molecule has 0 aliphatic carbocycles. The van der Waals surface area contributed by atoms with Crippen LogP contribution in [0.15, 0.2) is 59.4 Å². The number of carboxylic acid groups (broad SMARTS) is 1. The third-order valence-electron chi connectivity index (χ3n) is 6.90. The van der Waals surface area contributed by atoms with Crippen LogP contribution in [0.5, 0.6) is 5.75 Å². The fraction of sp³-hybridized carbons (Fsp3) is 0.308. The number of fused-ring (bicyclic) bond motifs is 2. The van der Waals surface area contributed by atoms with Gasteiger partial charge in [-0.2, -0.15) is 0 Å². The van der Waals surface area contributed by atoms with Gasteiger partial charge in [0.1, 0.15) is 17.2 Å². The topological polar surface area (TPSA) is 134 Å². The third kappa shape index (κ3) is 4.53. The molecule has 2 bridgehead atoms. The van der Waals surface area contributed by atoms with E-state index < -0.39 is 40.4 Å². The molecule has 1 aromatic heterocycles. The summed E-state index contributed by atoms with van der Waals surface area (Å²) in [5.74, 6) is -2.02. The van der Waals surface area contributed by atoms with Crippen LogP contribution in [-0.4, -0.2) is 49.4 Å². The number of nitrogens with zero attached hydrogens (tertiary/aromatic N) is 3. The molecule has 11 heteroatoms. The summed E-state index contributed by atoms with van der Waals surface area (Å²) < 4.78 is 20.4. The maximum absolute atomic E-state index is 13.2. The van der Waals surface area contributed by atoms with Crippen molar-refractivity contribution in [2.24, 2.45) is 0 Å². The number of amides is 2. The number of nitrogens with one attached hydrogen (secondary N) is 1. The normalized spacial score (nSPS) is 20.1. The Balaban J connectivity index is 1.56. The number of ether oxygens (including phenoxy) is 1. The van der Waals surface area contributed by atoms with E-state index in [1.807, 2.05) is 6.07 Å². The average Bonchev–Trinajstić information content (AvgIpc) is 3.16. The zero-order valence-corrected chi connectivity index (χ0v) is 19.8. The number of aromatic hydroxyl groups is 1. The standard InChI is InChI=1S/C26H25FN4O6/c27-18-8-6-16(7-9-18)12-28-22(33)20-21(32)23(34)30-14-19-10-11-26(15-37-19,24(30)29-20)31(25(35)36)13-17-4-2-1-3-5-17/h1-9,19,32H,10-15H2,(H,28,33)(H,35,36). The fourth-order valence-corrected chi connectivity index (χ4v) is 4.93. The number of benzene rings is 2. The molecule has 1 fully saturated rings. The number of carbonyl (C=O) groups is 2. The van der Waals surface area contributed by atoms with Crippen molar-refractivity contribution in [1.82, 2.24) is 19.8 Å². The second-order valence-electron chi connectivity index (χ2n) is 9.22. The van der Waals surface area contributed by atoms with Crippen LogP contribution in [0.2, 0.25) is 0 Å². The summed E-state index contributed by atoms with van der Waals surface area (Å²) in [5, 5.41) is 23.5. The van der Waals surface area contributed by atoms with Crippen LogP contribution in [-0.2, 0) is 29.9 Å². The molecule has 0 spiro atoms. The molecule has 2 unspecified atom stereocenters. The van der Waals surface area contributed by atoms with Crippen LogP contribution in [0, 0.1) is 5.82 Å². The van der Waals surface area contributed by atoms with Gasteiger partial charge in [0.25, 0.3) is 11.5 Å². The summed E-state index contributed by atoms with van der Waals surface area (Å²) in [4.78, 5) is 44.4. The highest BCUT2D eigenvalue weighted by Crippen LogP contribution is 2.41. The Labute approximate surface area is 210 Å². The van der Waals surface area contributed by atoms with E-state index in [-0.39, 0.29) is 38.2 Å². The van der Waals surface area contributed by atoms with E-state index in [1.165, 1.54) is 33.7 Å². The van der Waals surface area contributed by atoms with Gasteiger partial charge in [-0.25, -0.2) is 14.2 Å². The number of carbonyl (C=O) groups excluding carboxylic acids is 1. The molecule has 0 saturated carbocycles. The molecule has 0 radical (unpaired) electrons. The summed E-state index contributed by atoms with van der Waals surface area (Å²) in [6.45, 7) is 0.0364. The molecule has 37 heavy (non-hydrogen) atoms. The maximum Gasteiger partial charge on any atom is 0.408 e. The number of hydrogen-bond acceptors (Lipinski definition) is 6. The van der Waals surface area contributed by atoms with E-state index in [2.05, 4.69) is 10.3 Å². The van der Waals surface area contributed by atoms with Gasteiger partial charge in [-0.05, 0) is 36.1 Å². The first-order valence-electron chi connectivity index (χ1n) is 11.8. The van der Waals surface area contributed by atoms with Gasteiger partial charge in [-0.3, -0.25) is 19.1 Å². The lowest BCUT2D eigenvalue weighted by atomic mass is 9.88. The largest absolute Gasteiger partial charge is 0.501 e. The van der Waals surface area contributed by atoms with Gasteiger partial charge in [-0.1, -0.05) is 42.5 Å². The second kappa shape index (κ2) is 9.66. The van der Waals surface area contributed by atoms with E-state index in [0.29, 0.717) is 18.4 Å². The molecular formula is C26H25FN4O6. The Morgan fingerprint density at radius 3 is 2.54 bits per heavy atom. The molecule has 2 aromatic carbocycles. The van der Waals surface area contributed by atoms with Crippen LogP contribution in [0.4, 0.5) is 9.18 Å². The zero-order valence-electron chi connectivity index (χ0n) is 19.8. The van der Waals surface area contributed by atoms with Crippen LogP contribution < -0.4 is 10.9 Å². The van der Waals surface area contributed by atoms with Gasteiger partial charge >= 0.3 is 6.09 Å². The average molecular weight is 509 g/mol. The molecule has 192 valence electrons. The Bertz CT molecular complexity index is 1380. The highest BCUT2D eigenvalue weighted by Gasteiger charge is 2.51. The second-order valence-corrected chi connectivity index (χ2v) is 9.22. The monoisotopic (exact) mass is 508 g/mol. The van der Waals surface area contributed by atoms with Crippen molar-refractivity contribution >= 4 is 12.0 Å². The van der Waals surface area contributed by atoms with Crippen LogP contribution in [0.1, 0.15) is 40.3 Å². The fourth-order valence-electron chi connectivity index (χ4n) is 4.93. The lowest BCUT2D eigenvalue weighted by molar-refractivity contribution is -0.0800. The number of hydrogen-bond donors (Lipinski definition) is 3. The Hall–Kier alpha value is -4.25. The third-order valence-corrected chi connectivity index (χ3v) is 6.90. The van der Waals surface area contributed by atoms with Gasteiger partial charge in [0.2, 0.25) is 5.75 Å². The van der Waals surface area contributed by atoms with E-state index in [9.17, 15) is 29.0 Å². The van der Waals surface area contributed by atoms with E-state index in [4.69, 9.17) is 4.74 Å².